The van der Waals surface area contributed by atoms with E-state index in [-0.39, 0.29) is 13.2 Å². The summed E-state index contributed by atoms with van der Waals surface area (Å²) in [5.74, 6) is -1.91. The minimum atomic E-state index is -4.52. The maximum absolute atomic E-state index is 12.6. The van der Waals surface area contributed by atoms with E-state index in [1.165, 1.54) is 0 Å². The van der Waals surface area contributed by atoms with Gasteiger partial charge in [0.2, 0.25) is 0 Å². The summed E-state index contributed by atoms with van der Waals surface area (Å²) >= 11 is 0. The number of amides is 1. The molecule has 1 fully saturated rings. The van der Waals surface area contributed by atoms with Crippen LogP contribution >= 0.6 is 0 Å². The van der Waals surface area contributed by atoms with E-state index < -0.39 is 30.8 Å². The first-order valence-electron chi connectivity index (χ1n) is 6.08. The highest BCUT2D eigenvalue weighted by atomic mass is 19.4. The molecule has 0 aliphatic carbocycles. The molecule has 2 rings (SSSR count). The van der Waals surface area contributed by atoms with Crippen molar-refractivity contribution in [3.63, 3.8) is 0 Å². The Kier molecular flexibility index (Phi) is 4.17. The van der Waals surface area contributed by atoms with Gasteiger partial charge in [-0.3, -0.25) is 0 Å². The van der Waals surface area contributed by atoms with Gasteiger partial charge >= 0.3 is 12.3 Å². The molecule has 1 aliphatic heterocycles. The van der Waals surface area contributed by atoms with Crippen molar-refractivity contribution in [1.29, 1.82) is 0 Å². The lowest BCUT2D eigenvalue weighted by molar-refractivity contribution is -0.188. The van der Waals surface area contributed by atoms with Gasteiger partial charge in [-0.1, -0.05) is 30.3 Å². The van der Waals surface area contributed by atoms with Gasteiger partial charge in [-0.2, -0.15) is 13.2 Å². The number of hydrogen-bond donors (Lipinski definition) is 1. The molecule has 1 heterocycles. The summed E-state index contributed by atoms with van der Waals surface area (Å²) < 4.78 is 42.6. The number of benzene rings is 1. The van der Waals surface area contributed by atoms with Crippen LogP contribution in [0.3, 0.4) is 0 Å². The van der Waals surface area contributed by atoms with Gasteiger partial charge in [-0.15, -0.1) is 0 Å². The normalized spacial score (nSPS) is 22.9. The van der Waals surface area contributed by atoms with Crippen molar-refractivity contribution >= 4 is 6.09 Å². The van der Waals surface area contributed by atoms with E-state index in [9.17, 15) is 23.1 Å². The number of aliphatic hydroxyl groups is 1. The second-order valence-electron chi connectivity index (χ2n) is 4.66. The maximum Gasteiger partial charge on any atom is 0.410 e. The van der Waals surface area contributed by atoms with Gasteiger partial charge in [0.1, 0.15) is 12.5 Å². The highest BCUT2D eigenvalue weighted by molar-refractivity contribution is 5.68. The summed E-state index contributed by atoms with van der Waals surface area (Å²) in [4.78, 5) is 12.5. The molecule has 2 atom stereocenters. The zero-order chi connectivity index (χ0) is 14.8. The molecule has 1 aliphatic rings. The Morgan fingerprint density at radius 2 is 1.95 bits per heavy atom. The molecular formula is C13H14F3NO3. The van der Waals surface area contributed by atoms with E-state index in [1.54, 1.807) is 30.3 Å². The van der Waals surface area contributed by atoms with Gasteiger partial charge in [0.25, 0.3) is 0 Å². The molecule has 1 aromatic carbocycles. The molecule has 0 bridgehead atoms. The Morgan fingerprint density at radius 3 is 2.50 bits per heavy atom. The number of halogens is 3. The fourth-order valence-corrected chi connectivity index (χ4v) is 2.07. The van der Waals surface area contributed by atoms with Crippen molar-refractivity contribution in [1.82, 2.24) is 4.90 Å². The molecule has 0 unspecified atom stereocenters. The Hall–Kier alpha value is -1.76. The van der Waals surface area contributed by atoms with Gasteiger partial charge in [0, 0.05) is 6.54 Å². The van der Waals surface area contributed by atoms with Gasteiger partial charge in [-0.25, -0.2) is 4.79 Å². The molecule has 1 N–H and O–H groups in total. The monoisotopic (exact) mass is 289 g/mol. The summed E-state index contributed by atoms with van der Waals surface area (Å²) in [5.41, 5.74) is 0.743. The largest absolute Gasteiger partial charge is 0.445 e. The van der Waals surface area contributed by atoms with Crippen LogP contribution in [0.5, 0.6) is 0 Å². The molecule has 0 radical (unpaired) electrons. The number of ether oxygens (including phenoxy) is 1. The van der Waals surface area contributed by atoms with Crippen LogP contribution in [0.15, 0.2) is 30.3 Å². The molecule has 7 heteroatoms. The second-order valence-corrected chi connectivity index (χ2v) is 4.66. The molecular weight excluding hydrogens is 275 g/mol. The number of carbonyl (C=O) groups excluding carboxylic acids is 1. The standard InChI is InChI=1S/C13H14F3NO3/c14-13(15,16)10-6-17(7-11(10)18)12(19)20-8-9-4-2-1-3-5-9/h1-5,10-11,18H,6-8H2/t10-,11-/m0/s1. The van der Waals surface area contributed by atoms with E-state index in [4.69, 9.17) is 4.74 Å². The van der Waals surface area contributed by atoms with Gasteiger partial charge in [-0.05, 0) is 5.56 Å². The highest BCUT2D eigenvalue weighted by Crippen LogP contribution is 2.34. The SMILES string of the molecule is O=C(OCc1ccccc1)N1C[C@H](O)[C@@H](C(F)(F)F)C1. The summed E-state index contributed by atoms with van der Waals surface area (Å²) in [6.45, 7) is -0.945. The number of hydrogen-bond acceptors (Lipinski definition) is 3. The molecule has 0 aromatic heterocycles. The quantitative estimate of drug-likeness (QED) is 0.908. The third-order valence-electron chi connectivity index (χ3n) is 3.17. The number of nitrogens with zero attached hydrogens (tertiary/aromatic N) is 1. The van der Waals surface area contributed by atoms with Crippen LogP contribution in [0.25, 0.3) is 0 Å². The first kappa shape index (κ1) is 14.6. The first-order valence-corrected chi connectivity index (χ1v) is 6.08. The number of β-amino-alcohol motifs (C(OH)–C–C–N with tert-alkyl or cyclic N) is 1. The topological polar surface area (TPSA) is 49.8 Å². The second kappa shape index (κ2) is 5.70. The number of alkyl halides is 3. The Bertz CT molecular complexity index is 464. The molecule has 20 heavy (non-hydrogen) atoms. The van der Waals surface area contributed by atoms with E-state index in [2.05, 4.69) is 0 Å². The van der Waals surface area contributed by atoms with Gasteiger partial charge < -0.3 is 14.7 Å². The van der Waals surface area contributed by atoms with Crippen molar-refractivity contribution in [2.24, 2.45) is 5.92 Å². The number of rotatable bonds is 2. The third-order valence-corrected chi connectivity index (χ3v) is 3.17. The van der Waals surface area contributed by atoms with E-state index in [0.29, 0.717) is 0 Å². The zero-order valence-electron chi connectivity index (χ0n) is 10.5. The summed E-state index contributed by atoms with van der Waals surface area (Å²) in [6, 6.07) is 8.82. The van der Waals surface area contributed by atoms with Gasteiger partial charge in [0.05, 0.1) is 12.6 Å². The fourth-order valence-electron chi connectivity index (χ4n) is 2.07. The predicted molar refractivity (Wildman–Crippen MR) is 63.8 cm³/mol. The average Bonchev–Trinajstić information content (AvgIpc) is 2.79. The van der Waals surface area contributed by atoms with E-state index in [1.807, 2.05) is 0 Å². The highest BCUT2D eigenvalue weighted by Gasteiger charge is 2.50. The molecule has 110 valence electrons. The molecule has 1 amide bonds. The molecule has 1 saturated heterocycles. The smallest absolute Gasteiger partial charge is 0.410 e. The minimum Gasteiger partial charge on any atom is -0.445 e. The molecule has 1 aromatic rings. The van der Waals surface area contributed by atoms with Crippen molar-refractivity contribution in [3.8, 4) is 0 Å². The lowest BCUT2D eigenvalue weighted by Crippen LogP contribution is -2.33. The van der Waals surface area contributed by atoms with Crippen LogP contribution < -0.4 is 0 Å². The minimum absolute atomic E-state index is 0.0110. The van der Waals surface area contributed by atoms with Crippen LogP contribution in [0, 0.1) is 5.92 Å². The van der Waals surface area contributed by atoms with Crippen LogP contribution in [-0.2, 0) is 11.3 Å². The lowest BCUT2D eigenvalue weighted by atomic mass is 10.1. The molecule has 4 nitrogen and oxygen atoms in total. The van der Waals surface area contributed by atoms with Crippen molar-refractivity contribution in [2.45, 2.75) is 18.9 Å². The van der Waals surface area contributed by atoms with Crippen molar-refractivity contribution in [2.75, 3.05) is 13.1 Å². The Labute approximate surface area is 113 Å². The molecule has 0 spiro atoms. The maximum atomic E-state index is 12.6. The van der Waals surface area contributed by atoms with E-state index in [0.717, 1.165) is 10.5 Å². The fraction of sp³-hybridized carbons (Fsp3) is 0.462. The van der Waals surface area contributed by atoms with Crippen LogP contribution in [0.4, 0.5) is 18.0 Å². The van der Waals surface area contributed by atoms with Crippen LogP contribution in [0.2, 0.25) is 0 Å². The zero-order valence-corrected chi connectivity index (χ0v) is 10.5. The van der Waals surface area contributed by atoms with Crippen LogP contribution in [0.1, 0.15) is 5.56 Å². The third kappa shape index (κ3) is 3.41. The van der Waals surface area contributed by atoms with Crippen LogP contribution in [-0.4, -0.2) is 41.5 Å². The Morgan fingerprint density at radius 1 is 1.30 bits per heavy atom. The summed E-state index contributed by atoms with van der Waals surface area (Å²) in [7, 11) is 0. The van der Waals surface area contributed by atoms with E-state index >= 15 is 0 Å². The summed E-state index contributed by atoms with van der Waals surface area (Å²) in [6.07, 6.45) is -6.97. The number of carbonyl (C=O) groups is 1. The average molecular weight is 289 g/mol. The first-order chi connectivity index (χ1) is 9.38. The predicted octanol–water partition coefficient (Wildman–Crippen LogP) is 2.18. The Balaban J connectivity index is 1.88. The van der Waals surface area contributed by atoms with Gasteiger partial charge in [0.15, 0.2) is 0 Å². The summed E-state index contributed by atoms with van der Waals surface area (Å²) in [5, 5.41) is 9.36. The number of aliphatic hydroxyl groups excluding tert-OH is 1. The lowest BCUT2D eigenvalue weighted by Gasteiger charge is -2.17. The van der Waals surface area contributed by atoms with Crippen molar-refractivity contribution < 1.29 is 27.8 Å². The van der Waals surface area contributed by atoms with Crippen molar-refractivity contribution in [3.05, 3.63) is 35.9 Å². The number of likely N-dealkylation sites (tertiary alicyclic amines) is 1. The molecule has 0 saturated carbocycles.